The van der Waals surface area contributed by atoms with Crippen molar-refractivity contribution >= 4 is 28.5 Å². The zero-order chi connectivity index (χ0) is 12.4. The molecule has 0 aliphatic heterocycles. The number of esters is 1. The average molecular weight is 252 g/mol. The van der Waals surface area contributed by atoms with E-state index >= 15 is 0 Å². The first-order valence-corrected chi connectivity index (χ1v) is 5.25. The highest BCUT2D eigenvalue weighted by Crippen LogP contribution is 2.28. The molecule has 1 aromatic carbocycles. The molecular weight excluding hydrogens is 242 g/mol. The molecule has 88 valence electrons. The summed E-state index contributed by atoms with van der Waals surface area (Å²) >= 11 is 5.91. The largest absolute Gasteiger partial charge is 0.494 e. The highest BCUT2D eigenvalue weighted by molar-refractivity contribution is 6.31. The number of carbonyl (C=O) groups excluding carboxylic acids is 1. The molecular formula is C12H10ClNO3. The number of fused-ring (bicyclic) bond motifs is 1. The van der Waals surface area contributed by atoms with Gasteiger partial charge in [-0.25, -0.2) is 4.79 Å². The molecule has 0 unspecified atom stereocenters. The maximum absolute atomic E-state index is 11.7. The summed E-state index contributed by atoms with van der Waals surface area (Å²) in [5.41, 5.74) is 0.998. The van der Waals surface area contributed by atoms with Gasteiger partial charge in [0, 0.05) is 10.4 Å². The normalized spacial score (nSPS) is 10.3. The quantitative estimate of drug-likeness (QED) is 0.770. The predicted octanol–water partition coefficient (Wildman–Crippen LogP) is 2.68. The predicted molar refractivity (Wildman–Crippen MR) is 64.6 cm³/mol. The van der Waals surface area contributed by atoms with Crippen molar-refractivity contribution < 1.29 is 14.3 Å². The number of aromatic nitrogens is 1. The summed E-state index contributed by atoms with van der Waals surface area (Å²) in [6.45, 7) is 0. The summed E-state index contributed by atoms with van der Waals surface area (Å²) in [6, 6.07) is 5.12. The Hall–Kier alpha value is -1.81. The second-order valence-corrected chi connectivity index (χ2v) is 3.79. The van der Waals surface area contributed by atoms with Crippen LogP contribution in [0.3, 0.4) is 0 Å². The summed E-state index contributed by atoms with van der Waals surface area (Å²) in [5.74, 6) is -0.108. The van der Waals surface area contributed by atoms with E-state index in [-0.39, 0.29) is 0 Å². The lowest BCUT2D eigenvalue weighted by atomic mass is 10.1. The number of nitrogens with zero attached hydrogens (tertiary/aromatic N) is 1. The molecule has 17 heavy (non-hydrogen) atoms. The molecule has 4 nitrogen and oxygen atoms in total. The minimum absolute atomic E-state index is 0.336. The molecule has 1 aromatic heterocycles. The zero-order valence-electron chi connectivity index (χ0n) is 9.36. The van der Waals surface area contributed by atoms with Crippen LogP contribution in [0.15, 0.2) is 24.4 Å². The SMILES string of the molecule is COC(=O)c1c(OC)cnc2ccc(Cl)cc12. The van der Waals surface area contributed by atoms with Gasteiger partial charge in [0.1, 0.15) is 5.56 Å². The third-order valence-electron chi connectivity index (χ3n) is 2.40. The summed E-state index contributed by atoms with van der Waals surface area (Å²) in [6.07, 6.45) is 1.49. The van der Waals surface area contributed by atoms with Crippen molar-refractivity contribution in [2.75, 3.05) is 14.2 Å². The van der Waals surface area contributed by atoms with Crippen LogP contribution in [0, 0.1) is 0 Å². The van der Waals surface area contributed by atoms with Crippen molar-refractivity contribution in [1.82, 2.24) is 4.98 Å². The molecule has 0 fully saturated rings. The molecule has 0 radical (unpaired) electrons. The second-order valence-electron chi connectivity index (χ2n) is 3.35. The molecule has 0 atom stereocenters. The Morgan fingerprint density at radius 2 is 2.12 bits per heavy atom. The van der Waals surface area contributed by atoms with Crippen LogP contribution >= 0.6 is 11.6 Å². The van der Waals surface area contributed by atoms with Crippen LogP contribution < -0.4 is 4.74 Å². The number of methoxy groups -OCH3 is 2. The first kappa shape index (κ1) is 11.7. The topological polar surface area (TPSA) is 48.4 Å². The number of ether oxygens (including phenoxy) is 2. The molecule has 5 heteroatoms. The van der Waals surface area contributed by atoms with Crippen LogP contribution in [0.2, 0.25) is 5.02 Å². The van der Waals surface area contributed by atoms with Gasteiger partial charge < -0.3 is 9.47 Å². The van der Waals surface area contributed by atoms with Gasteiger partial charge in [0.2, 0.25) is 0 Å². The maximum atomic E-state index is 11.7. The number of benzene rings is 1. The van der Waals surface area contributed by atoms with Gasteiger partial charge in [0.25, 0.3) is 0 Å². The van der Waals surface area contributed by atoms with Gasteiger partial charge in [0.05, 0.1) is 25.9 Å². The minimum Gasteiger partial charge on any atom is -0.494 e. The number of rotatable bonds is 2. The molecule has 2 aromatic rings. The zero-order valence-corrected chi connectivity index (χ0v) is 10.1. The van der Waals surface area contributed by atoms with Crippen LogP contribution in [-0.4, -0.2) is 25.2 Å². The van der Waals surface area contributed by atoms with Gasteiger partial charge in [-0.05, 0) is 18.2 Å². The van der Waals surface area contributed by atoms with Crippen LogP contribution in [0.1, 0.15) is 10.4 Å². The van der Waals surface area contributed by atoms with E-state index in [9.17, 15) is 4.79 Å². The molecule has 0 saturated heterocycles. The molecule has 0 saturated carbocycles. The Bertz CT molecular complexity index is 583. The number of halogens is 1. The molecule has 0 aliphatic carbocycles. The summed E-state index contributed by atoms with van der Waals surface area (Å²) < 4.78 is 9.85. The smallest absolute Gasteiger partial charge is 0.342 e. The van der Waals surface area contributed by atoms with E-state index in [1.165, 1.54) is 20.4 Å². The van der Waals surface area contributed by atoms with Crippen LogP contribution in [0.4, 0.5) is 0 Å². The van der Waals surface area contributed by atoms with Gasteiger partial charge in [0.15, 0.2) is 5.75 Å². The van der Waals surface area contributed by atoms with E-state index in [2.05, 4.69) is 4.98 Å². The van der Waals surface area contributed by atoms with Gasteiger partial charge in [-0.1, -0.05) is 11.6 Å². The molecule has 0 bridgehead atoms. The molecule has 1 heterocycles. The summed E-state index contributed by atoms with van der Waals surface area (Å²) in [5, 5.41) is 1.14. The van der Waals surface area contributed by atoms with E-state index in [4.69, 9.17) is 21.1 Å². The van der Waals surface area contributed by atoms with E-state index in [1.807, 2.05) is 0 Å². The van der Waals surface area contributed by atoms with Crippen molar-refractivity contribution in [1.29, 1.82) is 0 Å². The van der Waals surface area contributed by atoms with Crippen LogP contribution in [0.25, 0.3) is 10.9 Å². The fourth-order valence-corrected chi connectivity index (χ4v) is 1.79. The number of hydrogen-bond acceptors (Lipinski definition) is 4. The lowest BCUT2D eigenvalue weighted by molar-refractivity contribution is 0.0599. The van der Waals surface area contributed by atoms with Crippen LogP contribution in [-0.2, 0) is 4.74 Å². The first-order valence-electron chi connectivity index (χ1n) is 4.88. The van der Waals surface area contributed by atoms with Crippen molar-refractivity contribution in [2.45, 2.75) is 0 Å². The van der Waals surface area contributed by atoms with Gasteiger partial charge in [-0.15, -0.1) is 0 Å². The van der Waals surface area contributed by atoms with Crippen molar-refractivity contribution in [2.24, 2.45) is 0 Å². The van der Waals surface area contributed by atoms with E-state index in [0.717, 1.165) is 0 Å². The Morgan fingerprint density at radius 3 is 2.76 bits per heavy atom. The Kier molecular flexibility index (Phi) is 3.15. The maximum Gasteiger partial charge on any atom is 0.342 e. The number of pyridine rings is 1. The highest BCUT2D eigenvalue weighted by Gasteiger charge is 2.17. The molecule has 0 amide bonds. The van der Waals surface area contributed by atoms with E-state index in [1.54, 1.807) is 18.2 Å². The van der Waals surface area contributed by atoms with E-state index < -0.39 is 5.97 Å². The standard InChI is InChI=1S/C12H10ClNO3/c1-16-10-6-14-9-4-3-7(13)5-8(9)11(10)12(15)17-2/h3-6H,1-2H3. The van der Waals surface area contributed by atoms with E-state index in [0.29, 0.717) is 27.2 Å². The lowest BCUT2D eigenvalue weighted by Gasteiger charge is -2.09. The second kappa shape index (κ2) is 4.59. The minimum atomic E-state index is -0.475. The Labute approximate surface area is 103 Å². The third-order valence-corrected chi connectivity index (χ3v) is 2.64. The fraction of sp³-hybridized carbons (Fsp3) is 0.167. The molecule has 0 spiro atoms. The lowest BCUT2D eigenvalue weighted by Crippen LogP contribution is -2.05. The monoisotopic (exact) mass is 251 g/mol. The van der Waals surface area contributed by atoms with Crippen molar-refractivity contribution in [3.8, 4) is 5.75 Å². The van der Waals surface area contributed by atoms with Gasteiger partial charge in [-0.2, -0.15) is 0 Å². The first-order chi connectivity index (χ1) is 8.17. The highest BCUT2D eigenvalue weighted by atomic mass is 35.5. The Balaban J connectivity index is 2.81. The molecule has 0 N–H and O–H groups in total. The Morgan fingerprint density at radius 1 is 1.35 bits per heavy atom. The van der Waals surface area contributed by atoms with Crippen molar-refractivity contribution in [3.63, 3.8) is 0 Å². The molecule has 0 aliphatic rings. The van der Waals surface area contributed by atoms with Crippen molar-refractivity contribution in [3.05, 3.63) is 35.0 Å². The summed E-state index contributed by atoms with van der Waals surface area (Å²) in [4.78, 5) is 15.9. The number of hydrogen-bond donors (Lipinski definition) is 0. The summed E-state index contributed by atoms with van der Waals surface area (Å²) in [7, 11) is 2.79. The average Bonchev–Trinajstić information content (AvgIpc) is 2.36. The molecule has 2 rings (SSSR count). The van der Waals surface area contributed by atoms with Crippen LogP contribution in [0.5, 0.6) is 5.75 Å². The van der Waals surface area contributed by atoms with Gasteiger partial charge in [-0.3, -0.25) is 4.98 Å². The van der Waals surface area contributed by atoms with Gasteiger partial charge >= 0.3 is 5.97 Å². The third kappa shape index (κ3) is 2.03. The number of carbonyl (C=O) groups is 1. The fourth-order valence-electron chi connectivity index (χ4n) is 1.61.